The summed E-state index contributed by atoms with van der Waals surface area (Å²) in [6.45, 7) is 0. The quantitative estimate of drug-likeness (QED) is 0.486. The lowest BCUT2D eigenvalue weighted by molar-refractivity contribution is 1.00. The second kappa shape index (κ2) is 6.21. The van der Waals surface area contributed by atoms with Crippen molar-refractivity contribution in [3.63, 3.8) is 0 Å². The molecule has 134 valence electrons. The average molecular weight is 358 g/mol. The van der Waals surface area contributed by atoms with E-state index in [1.807, 2.05) is 0 Å². The molecule has 0 heteroatoms. The lowest BCUT2D eigenvalue weighted by Gasteiger charge is -2.21. The Bertz CT molecular complexity index is 1040. The first-order chi connectivity index (χ1) is 13.9. The minimum Gasteiger partial charge on any atom is -0.0754 e. The van der Waals surface area contributed by atoms with Gasteiger partial charge in [0.1, 0.15) is 0 Å². The molecule has 3 aromatic carbocycles. The molecular weight excluding hydrogens is 336 g/mol. The van der Waals surface area contributed by atoms with Crippen molar-refractivity contribution < 1.29 is 0 Å². The van der Waals surface area contributed by atoms with Crippen molar-refractivity contribution in [3.8, 4) is 0 Å². The van der Waals surface area contributed by atoms with E-state index in [9.17, 15) is 0 Å². The standard InChI is InChI=1S/C28H22/c1-4-10-19(11-5-1)22-16-26-27-17-23(20-12-6-2-7-13-20)25(22)18-24(28(26)27)21-14-8-3-9-15-21/h1-18,25-28H/t25?,26-,27-,28?/m0/s1. The molecular formula is C28H22. The maximum atomic E-state index is 2.58. The highest BCUT2D eigenvalue weighted by molar-refractivity contribution is 5.92. The molecule has 0 unspecified atom stereocenters. The minimum atomic E-state index is 0.306. The molecule has 0 spiro atoms. The summed E-state index contributed by atoms with van der Waals surface area (Å²) >= 11 is 0. The maximum Gasteiger partial charge on any atom is 0.0281 e. The van der Waals surface area contributed by atoms with Crippen LogP contribution in [0.5, 0.6) is 0 Å². The van der Waals surface area contributed by atoms with Gasteiger partial charge in [-0.3, -0.25) is 0 Å². The van der Waals surface area contributed by atoms with E-state index in [1.165, 1.54) is 33.4 Å². The molecule has 0 saturated heterocycles. The van der Waals surface area contributed by atoms with Gasteiger partial charge < -0.3 is 0 Å². The third-order valence-corrected chi connectivity index (χ3v) is 6.57. The zero-order valence-electron chi connectivity index (χ0n) is 15.7. The summed E-state index contributed by atoms with van der Waals surface area (Å²) in [6.07, 6.45) is 7.72. The summed E-state index contributed by atoms with van der Waals surface area (Å²) in [5, 5.41) is 0. The van der Waals surface area contributed by atoms with Crippen LogP contribution in [0.4, 0.5) is 0 Å². The largest absolute Gasteiger partial charge is 0.0754 e. The Labute approximate surface area is 166 Å². The van der Waals surface area contributed by atoms with Crippen LogP contribution >= 0.6 is 0 Å². The first-order valence-electron chi connectivity index (χ1n) is 10.2. The summed E-state index contributed by atoms with van der Waals surface area (Å²) in [4.78, 5) is 0. The molecule has 1 fully saturated rings. The molecule has 1 saturated carbocycles. The van der Waals surface area contributed by atoms with Crippen molar-refractivity contribution in [2.75, 3.05) is 0 Å². The highest BCUT2D eigenvalue weighted by atomic mass is 14.6. The number of hydrogen-bond donors (Lipinski definition) is 0. The van der Waals surface area contributed by atoms with Crippen molar-refractivity contribution in [3.05, 3.63) is 126 Å². The Morgan fingerprint density at radius 1 is 0.393 bits per heavy atom. The van der Waals surface area contributed by atoms with Crippen LogP contribution in [-0.2, 0) is 0 Å². The Morgan fingerprint density at radius 3 is 1.21 bits per heavy atom. The van der Waals surface area contributed by atoms with Crippen molar-refractivity contribution in [1.29, 1.82) is 0 Å². The van der Waals surface area contributed by atoms with Gasteiger partial charge in [-0.2, -0.15) is 0 Å². The topological polar surface area (TPSA) is 0 Å². The first-order valence-corrected chi connectivity index (χ1v) is 10.2. The van der Waals surface area contributed by atoms with Gasteiger partial charge in [0.05, 0.1) is 0 Å². The molecule has 0 aromatic heterocycles. The summed E-state index contributed by atoms with van der Waals surface area (Å²) in [5.41, 5.74) is 8.56. The maximum absolute atomic E-state index is 2.58. The van der Waals surface area contributed by atoms with E-state index in [0.717, 1.165) is 0 Å². The predicted octanol–water partition coefficient (Wildman–Crippen LogP) is 6.74. The highest BCUT2D eigenvalue weighted by Crippen LogP contribution is 2.63. The molecule has 7 rings (SSSR count). The fraction of sp³-hybridized carbons (Fsp3) is 0.143. The second-order valence-electron chi connectivity index (χ2n) is 8.12. The summed E-state index contributed by atoms with van der Waals surface area (Å²) in [7, 11) is 0. The van der Waals surface area contributed by atoms with Gasteiger partial charge >= 0.3 is 0 Å². The lowest BCUT2D eigenvalue weighted by Crippen LogP contribution is -2.04. The van der Waals surface area contributed by atoms with E-state index in [4.69, 9.17) is 0 Å². The van der Waals surface area contributed by atoms with Crippen LogP contribution < -0.4 is 0 Å². The molecule has 0 heterocycles. The van der Waals surface area contributed by atoms with Crippen LogP contribution in [0.3, 0.4) is 0 Å². The molecule has 4 aliphatic carbocycles. The zero-order chi connectivity index (χ0) is 18.5. The fourth-order valence-corrected chi connectivity index (χ4v) is 5.20. The Kier molecular flexibility index (Phi) is 3.52. The van der Waals surface area contributed by atoms with Gasteiger partial charge in [-0.25, -0.2) is 0 Å². The van der Waals surface area contributed by atoms with E-state index >= 15 is 0 Å². The number of allylic oxidation sites excluding steroid dienone is 6. The van der Waals surface area contributed by atoms with E-state index in [0.29, 0.717) is 23.7 Å². The van der Waals surface area contributed by atoms with Gasteiger partial charge in [-0.05, 0) is 51.2 Å². The smallest absolute Gasteiger partial charge is 0.0281 e. The van der Waals surface area contributed by atoms with Crippen LogP contribution in [0.25, 0.3) is 16.7 Å². The predicted molar refractivity (Wildman–Crippen MR) is 117 cm³/mol. The molecule has 0 radical (unpaired) electrons. The monoisotopic (exact) mass is 358 g/mol. The lowest BCUT2D eigenvalue weighted by atomic mass is 9.83. The van der Waals surface area contributed by atoms with Crippen molar-refractivity contribution in [2.45, 2.75) is 0 Å². The van der Waals surface area contributed by atoms with Gasteiger partial charge in [-0.15, -0.1) is 0 Å². The van der Waals surface area contributed by atoms with Crippen molar-refractivity contribution in [2.24, 2.45) is 23.7 Å². The van der Waals surface area contributed by atoms with Crippen LogP contribution in [0.15, 0.2) is 109 Å². The van der Waals surface area contributed by atoms with Crippen LogP contribution in [0, 0.1) is 23.7 Å². The molecule has 4 bridgehead atoms. The van der Waals surface area contributed by atoms with Crippen LogP contribution in [0.1, 0.15) is 16.7 Å². The Balaban J connectivity index is 1.56. The van der Waals surface area contributed by atoms with Crippen LogP contribution in [-0.4, -0.2) is 0 Å². The third kappa shape index (κ3) is 2.45. The van der Waals surface area contributed by atoms with Gasteiger partial charge in [0.25, 0.3) is 0 Å². The van der Waals surface area contributed by atoms with Gasteiger partial charge in [0.2, 0.25) is 0 Å². The molecule has 28 heavy (non-hydrogen) atoms. The zero-order valence-corrected chi connectivity index (χ0v) is 15.7. The van der Waals surface area contributed by atoms with Gasteiger partial charge in [0.15, 0.2) is 0 Å². The highest BCUT2D eigenvalue weighted by Gasteiger charge is 2.53. The summed E-state index contributed by atoms with van der Waals surface area (Å²) in [6, 6.07) is 32.9. The average Bonchev–Trinajstić information content (AvgIpc) is 3.52. The minimum absolute atomic E-state index is 0.306. The van der Waals surface area contributed by atoms with Crippen molar-refractivity contribution >= 4 is 16.7 Å². The van der Waals surface area contributed by atoms with E-state index in [1.54, 1.807) is 0 Å². The number of hydrogen-bond acceptors (Lipinski definition) is 0. The molecule has 3 aromatic rings. The fourth-order valence-electron chi connectivity index (χ4n) is 5.20. The summed E-state index contributed by atoms with van der Waals surface area (Å²) < 4.78 is 0. The number of rotatable bonds is 3. The SMILES string of the molecule is C1=C(c2ccccc2)C2C=C(c3ccccc3)C3[C@@H]1[C@@H]3C=C2c1ccccc1. The summed E-state index contributed by atoms with van der Waals surface area (Å²) in [5.74, 6) is 2.16. The Morgan fingerprint density at radius 2 is 0.786 bits per heavy atom. The molecule has 4 aliphatic rings. The van der Waals surface area contributed by atoms with E-state index in [2.05, 4.69) is 109 Å². The van der Waals surface area contributed by atoms with Crippen LogP contribution in [0.2, 0.25) is 0 Å². The van der Waals surface area contributed by atoms with Gasteiger partial charge in [0, 0.05) is 5.92 Å². The van der Waals surface area contributed by atoms with Gasteiger partial charge in [-0.1, -0.05) is 109 Å². The van der Waals surface area contributed by atoms with Crippen molar-refractivity contribution in [1.82, 2.24) is 0 Å². The Hall–Kier alpha value is -3.12. The molecule has 0 nitrogen and oxygen atoms in total. The molecule has 2 atom stereocenters. The normalized spacial score (nSPS) is 27.2. The molecule has 0 N–H and O–H groups in total. The first kappa shape index (κ1) is 15.9. The van der Waals surface area contributed by atoms with E-state index in [-0.39, 0.29) is 0 Å². The molecule has 0 amide bonds. The second-order valence-corrected chi connectivity index (χ2v) is 8.12. The van der Waals surface area contributed by atoms with E-state index < -0.39 is 0 Å². The number of benzene rings is 3. The molecule has 0 aliphatic heterocycles. The third-order valence-electron chi connectivity index (χ3n) is 6.57.